The van der Waals surface area contributed by atoms with Gasteiger partial charge < -0.3 is 15.0 Å². The highest BCUT2D eigenvalue weighted by Gasteiger charge is 2.21. The van der Waals surface area contributed by atoms with Crippen LogP contribution in [0.5, 0.6) is 0 Å². The van der Waals surface area contributed by atoms with E-state index in [1.165, 1.54) is 0 Å². The zero-order valence-electron chi connectivity index (χ0n) is 18.0. The second-order valence-electron chi connectivity index (χ2n) is 7.85. The van der Waals surface area contributed by atoms with Gasteiger partial charge in [-0.15, -0.1) is 11.3 Å². The molecule has 172 valence electrons. The van der Waals surface area contributed by atoms with E-state index in [1.54, 1.807) is 16.8 Å². The van der Waals surface area contributed by atoms with E-state index in [4.69, 9.17) is 19.9 Å². The number of fused-ring (bicyclic) bond motifs is 2. The molecule has 1 fully saturated rings. The molecule has 4 N–H and O–H groups in total. The second kappa shape index (κ2) is 9.79. The highest BCUT2D eigenvalue weighted by atomic mass is 32.1. The fraction of sp³-hybridized carbons (Fsp3) is 0.364. The number of rotatable bonds is 8. The lowest BCUT2D eigenvalue weighted by Gasteiger charge is -2.28. The van der Waals surface area contributed by atoms with Gasteiger partial charge in [-0.25, -0.2) is 15.4 Å². The van der Waals surface area contributed by atoms with Gasteiger partial charge in [-0.1, -0.05) is 12.1 Å². The van der Waals surface area contributed by atoms with Crippen molar-refractivity contribution in [2.45, 2.75) is 19.4 Å². The van der Waals surface area contributed by atoms with E-state index in [9.17, 15) is 4.79 Å². The standard InChI is InChI=1S/C22H25N7O3S/c30-19(28-31)5-2-6-23-12-14-11-18-20(33-14)22(29-7-9-32-10-8-29)26-21(25-18)15-3-1-4-17-16(15)13-24-27-17/h1,3-4,11,13,23,31H,2,5-10,12H2,(H,24,27)(H,28,30). The maximum atomic E-state index is 11.1. The third-order valence-electron chi connectivity index (χ3n) is 5.62. The zero-order valence-corrected chi connectivity index (χ0v) is 18.8. The van der Waals surface area contributed by atoms with Crippen molar-refractivity contribution in [3.05, 3.63) is 35.3 Å². The van der Waals surface area contributed by atoms with Gasteiger partial charge in [0.2, 0.25) is 5.91 Å². The molecule has 0 spiro atoms. The third kappa shape index (κ3) is 4.67. The maximum Gasteiger partial charge on any atom is 0.243 e. The number of hydroxylamine groups is 1. The van der Waals surface area contributed by atoms with Crippen LogP contribution in [0.15, 0.2) is 30.5 Å². The van der Waals surface area contributed by atoms with Gasteiger partial charge in [0.15, 0.2) is 11.6 Å². The van der Waals surface area contributed by atoms with Crippen LogP contribution in [0.25, 0.3) is 32.5 Å². The van der Waals surface area contributed by atoms with Gasteiger partial charge in [0.05, 0.1) is 35.1 Å². The molecular weight excluding hydrogens is 442 g/mol. The van der Waals surface area contributed by atoms with Gasteiger partial charge >= 0.3 is 0 Å². The minimum absolute atomic E-state index is 0.283. The Hall–Kier alpha value is -3.12. The van der Waals surface area contributed by atoms with Crippen molar-refractivity contribution in [1.29, 1.82) is 0 Å². The van der Waals surface area contributed by atoms with E-state index < -0.39 is 0 Å². The number of amides is 1. The van der Waals surface area contributed by atoms with Crippen LogP contribution in [0.3, 0.4) is 0 Å². The Labute approximate surface area is 193 Å². The summed E-state index contributed by atoms with van der Waals surface area (Å²) in [6.45, 7) is 4.30. The van der Waals surface area contributed by atoms with Crippen molar-refractivity contribution in [2.24, 2.45) is 0 Å². The highest BCUT2D eigenvalue weighted by molar-refractivity contribution is 7.19. The van der Waals surface area contributed by atoms with Gasteiger partial charge in [-0.3, -0.25) is 15.1 Å². The highest BCUT2D eigenvalue weighted by Crippen LogP contribution is 2.35. The summed E-state index contributed by atoms with van der Waals surface area (Å²) in [7, 11) is 0. The number of morpholine rings is 1. The van der Waals surface area contributed by atoms with E-state index in [0.29, 0.717) is 38.5 Å². The fourth-order valence-electron chi connectivity index (χ4n) is 3.97. The molecule has 0 atom stereocenters. The average molecular weight is 468 g/mol. The van der Waals surface area contributed by atoms with Crippen LogP contribution in [-0.2, 0) is 16.1 Å². The molecule has 10 nitrogen and oxygen atoms in total. The number of carbonyl (C=O) groups excluding carboxylic acids is 1. The Kier molecular flexibility index (Phi) is 6.44. The molecular formula is C22H25N7O3S. The summed E-state index contributed by atoms with van der Waals surface area (Å²) in [5.74, 6) is 1.25. The van der Waals surface area contributed by atoms with E-state index >= 15 is 0 Å². The molecule has 0 saturated carbocycles. The van der Waals surface area contributed by atoms with E-state index in [0.717, 1.165) is 50.5 Å². The van der Waals surface area contributed by atoms with Crippen LogP contribution in [-0.4, -0.2) is 64.1 Å². The van der Waals surface area contributed by atoms with Gasteiger partial charge in [0.1, 0.15) is 0 Å². The van der Waals surface area contributed by atoms with E-state index in [1.807, 2.05) is 24.4 Å². The number of H-pyrrole nitrogens is 1. The first-order valence-corrected chi connectivity index (χ1v) is 11.7. The van der Waals surface area contributed by atoms with Crippen molar-refractivity contribution in [3.63, 3.8) is 0 Å². The number of benzene rings is 1. The number of anilines is 1. The largest absolute Gasteiger partial charge is 0.378 e. The van der Waals surface area contributed by atoms with Gasteiger partial charge in [-0.05, 0) is 25.1 Å². The maximum absolute atomic E-state index is 11.1. The molecule has 1 aliphatic rings. The SMILES string of the molecule is O=C(CCCNCc1cc2nc(-c3cccc4[nH]ncc34)nc(N3CCOCC3)c2s1)NO. The molecule has 1 aromatic carbocycles. The Balaban J connectivity index is 1.45. The van der Waals surface area contributed by atoms with Crippen LogP contribution in [0.1, 0.15) is 17.7 Å². The van der Waals surface area contributed by atoms with Gasteiger partial charge in [0.25, 0.3) is 0 Å². The number of hydrogen-bond donors (Lipinski definition) is 4. The lowest BCUT2D eigenvalue weighted by molar-refractivity contribution is -0.129. The number of aromatic nitrogens is 4. The topological polar surface area (TPSA) is 128 Å². The smallest absolute Gasteiger partial charge is 0.243 e. The van der Waals surface area contributed by atoms with Crippen LogP contribution in [0.4, 0.5) is 5.82 Å². The monoisotopic (exact) mass is 467 g/mol. The van der Waals surface area contributed by atoms with Crippen molar-refractivity contribution in [2.75, 3.05) is 37.7 Å². The Bertz CT molecular complexity index is 1270. The molecule has 33 heavy (non-hydrogen) atoms. The summed E-state index contributed by atoms with van der Waals surface area (Å²) in [6.07, 6.45) is 2.74. The van der Waals surface area contributed by atoms with Crippen molar-refractivity contribution in [3.8, 4) is 11.4 Å². The average Bonchev–Trinajstić information content (AvgIpc) is 3.50. The predicted molar refractivity (Wildman–Crippen MR) is 126 cm³/mol. The number of hydrogen-bond acceptors (Lipinski definition) is 9. The first-order valence-electron chi connectivity index (χ1n) is 10.9. The van der Waals surface area contributed by atoms with E-state index in [-0.39, 0.29) is 12.3 Å². The first-order chi connectivity index (χ1) is 16.2. The molecule has 5 rings (SSSR count). The minimum Gasteiger partial charge on any atom is -0.378 e. The number of aromatic amines is 1. The summed E-state index contributed by atoms with van der Waals surface area (Å²) < 4.78 is 6.62. The molecule has 1 saturated heterocycles. The quantitative estimate of drug-likeness (QED) is 0.177. The first kappa shape index (κ1) is 21.7. The predicted octanol–water partition coefficient (Wildman–Crippen LogP) is 2.45. The zero-order chi connectivity index (χ0) is 22.6. The van der Waals surface area contributed by atoms with Crippen LogP contribution in [0.2, 0.25) is 0 Å². The second-order valence-corrected chi connectivity index (χ2v) is 8.99. The van der Waals surface area contributed by atoms with Crippen LogP contribution in [0, 0.1) is 0 Å². The number of nitrogens with one attached hydrogen (secondary N) is 3. The van der Waals surface area contributed by atoms with Crippen LogP contribution >= 0.6 is 11.3 Å². The molecule has 1 amide bonds. The molecule has 0 bridgehead atoms. The summed E-state index contributed by atoms with van der Waals surface area (Å²) in [4.78, 5) is 24.5. The number of nitrogens with zero attached hydrogens (tertiary/aromatic N) is 4. The summed E-state index contributed by atoms with van der Waals surface area (Å²) in [5.41, 5.74) is 4.48. The molecule has 4 heterocycles. The Morgan fingerprint density at radius 3 is 3.00 bits per heavy atom. The van der Waals surface area contributed by atoms with Crippen LogP contribution < -0.4 is 15.7 Å². The number of ether oxygens (including phenoxy) is 1. The molecule has 0 aliphatic carbocycles. The molecule has 4 aromatic rings. The summed E-state index contributed by atoms with van der Waals surface area (Å²) >= 11 is 1.69. The lowest BCUT2D eigenvalue weighted by atomic mass is 10.1. The Morgan fingerprint density at radius 1 is 1.27 bits per heavy atom. The molecule has 1 aliphatic heterocycles. The minimum atomic E-state index is -0.371. The van der Waals surface area contributed by atoms with Crippen molar-refractivity contribution >= 4 is 44.2 Å². The molecule has 3 aromatic heterocycles. The molecule has 0 unspecified atom stereocenters. The van der Waals surface area contributed by atoms with Gasteiger partial charge in [-0.2, -0.15) is 5.10 Å². The van der Waals surface area contributed by atoms with Gasteiger partial charge in [0, 0.05) is 41.9 Å². The third-order valence-corrected chi connectivity index (χ3v) is 6.74. The summed E-state index contributed by atoms with van der Waals surface area (Å²) in [5, 5.41) is 20.1. The number of thiophene rings is 1. The van der Waals surface area contributed by atoms with Crippen molar-refractivity contribution in [1.82, 2.24) is 31.0 Å². The molecule has 0 radical (unpaired) electrons. The molecule has 11 heteroatoms. The van der Waals surface area contributed by atoms with E-state index in [2.05, 4.69) is 26.5 Å². The normalized spacial score (nSPS) is 14.3. The Morgan fingerprint density at radius 2 is 2.15 bits per heavy atom. The fourth-order valence-corrected chi connectivity index (χ4v) is 5.05. The lowest BCUT2D eigenvalue weighted by Crippen LogP contribution is -2.36. The number of carbonyl (C=O) groups is 1. The summed E-state index contributed by atoms with van der Waals surface area (Å²) in [6, 6.07) is 8.11. The van der Waals surface area contributed by atoms with Crippen molar-refractivity contribution < 1.29 is 14.7 Å².